The predicted octanol–water partition coefficient (Wildman–Crippen LogP) is 1.98. The Labute approximate surface area is 153 Å². The summed E-state index contributed by atoms with van der Waals surface area (Å²) >= 11 is 0. The molecule has 1 heterocycles. The highest BCUT2D eigenvalue weighted by molar-refractivity contribution is 5.92. The molecular formula is C20H24N4O2. The molecule has 1 atom stereocenters. The molecule has 0 saturated carbocycles. The van der Waals surface area contributed by atoms with E-state index in [1.807, 2.05) is 29.2 Å². The SMILES string of the molecule is CN1CCN(C(=O)NCc2cccc(C(N)=O)c2)C(c2ccccc2)C1. The number of rotatable bonds is 4. The number of hydrogen-bond acceptors (Lipinski definition) is 3. The summed E-state index contributed by atoms with van der Waals surface area (Å²) in [5, 5.41) is 2.97. The number of carbonyl (C=O) groups is 2. The third-order valence-corrected chi connectivity index (χ3v) is 4.68. The molecule has 3 rings (SSSR count). The highest BCUT2D eigenvalue weighted by Crippen LogP contribution is 2.24. The molecule has 1 unspecified atom stereocenters. The van der Waals surface area contributed by atoms with E-state index in [9.17, 15) is 9.59 Å². The Balaban J connectivity index is 1.69. The lowest BCUT2D eigenvalue weighted by Crippen LogP contribution is -2.52. The first-order valence-electron chi connectivity index (χ1n) is 8.71. The van der Waals surface area contributed by atoms with E-state index in [4.69, 9.17) is 5.73 Å². The molecule has 0 spiro atoms. The summed E-state index contributed by atoms with van der Waals surface area (Å²) in [6.45, 7) is 2.67. The van der Waals surface area contributed by atoms with Crippen molar-refractivity contribution in [1.82, 2.24) is 15.1 Å². The van der Waals surface area contributed by atoms with Gasteiger partial charge in [-0.25, -0.2) is 4.79 Å². The largest absolute Gasteiger partial charge is 0.366 e. The van der Waals surface area contributed by atoms with Gasteiger partial charge >= 0.3 is 6.03 Å². The quantitative estimate of drug-likeness (QED) is 0.883. The Morgan fingerprint density at radius 1 is 1.12 bits per heavy atom. The Morgan fingerprint density at radius 2 is 1.88 bits per heavy atom. The Morgan fingerprint density at radius 3 is 2.62 bits per heavy atom. The minimum atomic E-state index is -0.471. The summed E-state index contributed by atoms with van der Waals surface area (Å²) in [4.78, 5) is 28.2. The maximum Gasteiger partial charge on any atom is 0.318 e. The van der Waals surface area contributed by atoms with Gasteiger partial charge in [0.1, 0.15) is 0 Å². The molecule has 6 heteroatoms. The fourth-order valence-electron chi connectivity index (χ4n) is 3.24. The van der Waals surface area contributed by atoms with Gasteiger partial charge in [0.2, 0.25) is 5.91 Å². The first-order chi connectivity index (χ1) is 12.5. The smallest absolute Gasteiger partial charge is 0.318 e. The number of amides is 3. The van der Waals surface area contributed by atoms with Crippen molar-refractivity contribution in [2.75, 3.05) is 26.7 Å². The monoisotopic (exact) mass is 352 g/mol. The van der Waals surface area contributed by atoms with Crippen LogP contribution in [0.25, 0.3) is 0 Å². The van der Waals surface area contributed by atoms with E-state index >= 15 is 0 Å². The minimum Gasteiger partial charge on any atom is -0.366 e. The van der Waals surface area contributed by atoms with Crippen molar-refractivity contribution in [3.05, 3.63) is 71.3 Å². The van der Waals surface area contributed by atoms with Gasteiger partial charge in [-0.2, -0.15) is 0 Å². The highest BCUT2D eigenvalue weighted by atomic mass is 16.2. The second-order valence-corrected chi connectivity index (χ2v) is 6.61. The zero-order valence-electron chi connectivity index (χ0n) is 14.9. The average Bonchev–Trinajstić information content (AvgIpc) is 2.67. The first kappa shape index (κ1) is 17.9. The molecule has 0 aromatic heterocycles. The van der Waals surface area contributed by atoms with Gasteiger partial charge in [0, 0.05) is 31.7 Å². The van der Waals surface area contributed by atoms with Crippen LogP contribution in [0.5, 0.6) is 0 Å². The molecule has 2 aromatic carbocycles. The summed E-state index contributed by atoms with van der Waals surface area (Å²) < 4.78 is 0. The summed E-state index contributed by atoms with van der Waals surface area (Å²) in [5.74, 6) is -0.471. The number of benzene rings is 2. The van der Waals surface area contributed by atoms with E-state index in [0.29, 0.717) is 18.7 Å². The number of primary amides is 1. The van der Waals surface area contributed by atoms with Gasteiger partial charge in [-0.05, 0) is 30.3 Å². The molecule has 0 aliphatic carbocycles. The number of hydrogen-bond donors (Lipinski definition) is 2. The number of urea groups is 1. The van der Waals surface area contributed by atoms with E-state index in [1.54, 1.807) is 18.2 Å². The van der Waals surface area contributed by atoms with Crippen LogP contribution in [0.15, 0.2) is 54.6 Å². The minimum absolute atomic E-state index is 0.0203. The normalized spacial score (nSPS) is 17.7. The average molecular weight is 352 g/mol. The highest BCUT2D eigenvalue weighted by Gasteiger charge is 2.30. The number of nitrogens with zero attached hydrogens (tertiary/aromatic N) is 2. The zero-order valence-corrected chi connectivity index (χ0v) is 14.9. The molecule has 3 N–H and O–H groups in total. The van der Waals surface area contributed by atoms with Crippen LogP contribution in [0, 0.1) is 0 Å². The molecule has 1 saturated heterocycles. The maximum absolute atomic E-state index is 12.8. The third-order valence-electron chi connectivity index (χ3n) is 4.68. The molecular weight excluding hydrogens is 328 g/mol. The molecule has 6 nitrogen and oxygen atoms in total. The molecule has 1 fully saturated rings. The van der Waals surface area contributed by atoms with Crippen LogP contribution in [0.1, 0.15) is 27.5 Å². The van der Waals surface area contributed by atoms with Crippen molar-refractivity contribution < 1.29 is 9.59 Å². The molecule has 0 bridgehead atoms. The maximum atomic E-state index is 12.8. The third kappa shape index (κ3) is 4.21. The fraction of sp³-hybridized carbons (Fsp3) is 0.300. The molecule has 26 heavy (non-hydrogen) atoms. The van der Waals surface area contributed by atoms with Crippen LogP contribution in [0.2, 0.25) is 0 Å². The summed E-state index contributed by atoms with van der Waals surface area (Å²) in [7, 11) is 2.07. The van der Waals surface area contributed by atoms with Crippen LogP contribution in [-0.4, -0.2) is 48.4 Å². The van der Waals surface area contributed by atoms with Gasteiger partial charge in [0.15, 0.2) is 0 Å². The second-order valence-electron chi connectivity index (χ2n) is 6.61. The Kier molecular flexibility index (Phi) is 5.53. The summed E-state index contributed by atoms with van der Waals surface area (Å²) in [5.41, 5.74) is 7.73. The van der Waals surface area contributed by atoms with Crippen molar-refractivity contribution in [3.8, 4) is 0 Å². The molecule has 136 valence electrons. The number of nitrogens with two attached hydrogens (primary N) is 1. The van der Waals surface area contributed by atoms with Crippen LogP contribution in [0.4, 0.5) is 4.79 Å². The van der Waals surface area contributed by atoms with Gasteiger partial charge < -0.3 is 20.9 Å². The van der Waals surface area contributed by atoms with Gasteiger partial charge in [0.25, 0.3) is 0 Å². The van der Waals surface area contributed by atoms with E-state index in [0.717, 1.165) is 24.2 Å². The van der Waals surface area contributed by atoms with Gasteiger partial charge in [-0.1, -0.05) is 42.5 Å². The first-order valence-corrected chi connectivity index (χ1v) is 8.71. The zero-order chi connectivity index (χ0) is 18.5. The standard InChI is InChI=1S/C20H24N4O2/c1-23-10-11-24(18(14-23)16-7-3-2-4-8-16)20(26)22-13-15-6-5-9-17(12-15)19(21)25/h2-9,12,18H,10-11,13-14H2,1H3,(H2,21,25)(H,22,26). The number of piperazine rings is 1. The van der Waals surface area contributed by atoms with E-state index < -0.39 is 5.91 Å². The van der Waals surface area contributed by atoms with E-state index in [2.05, 4.69) is 29.4 Å². The molecule has 1 aliphatic heterocycles. The number of carbonyl (C=O) groups excluding carboxylic acids is 2. The van der Waals surface area contributed by atoms with Crippen molar-refractivity contribution in [2.45, 2.75) is 12.6 Å². The fourth-order valence-corrected chi connectivity index (χ4v) is 3.24. The van der Waals surface area contributed by atoms with Crippen LogP contribution in [0.3, 0.4) is 0 Å². The molecule has 0 radical (unpaired) electrons. The van der Waals surface area contributed by atoms with Crippen LogP contribution < -0.4 is 11.1 Å². The Hall–Kier alpha value is -2.86. The predicted molar refractivity (Wildman–Crippen MR) is 101 cm³/mol. The van der Waals surface area contributed by atoms with Crippen LogP contribution in [-0.2, 0) is 6.54 Å². The van der Waals surface area contributed by atoms with Gasteiger partial charge in [0.05, 0.1) is 6.04 Å². The topological polar surface area (TPSA) is 78.7 Å². The molecule has 3 amide bonds. The lowest BCUT2D eigenvalue weighted by atomic mass is 10.0. The van der Waals surface area contributed by atoms with Crippen molar-refractivity contribution in [1.29, 1.82) is 0 Å². The lowest BCUT2D eigenvalue weighted by Gasteiger charge is -2.40. The summed E-state index contributed by atoms with van der Waals surface area (Å²) in [6.07, 6.45) is 0. The Bertz CT molecular complexity index is 778. The van der Waals surface area contributed by atoms with Gasteiger partial charge in [-0.15, -0.1) is 0 Å². The number of nitrogens with one attached hydrogen (secondary N) is 1. The lowest BCUT2D eigenvalue weighted by molar-refractivity contribution is 0.1000. The van der Waals surface area contributed by atoms with E-state index in [-0.39, 0.29) is 12.1 Å². The van der Waals surface area contributed by atoms with Crippen molar-refractivity contribution in [3.63, 3.8) is 0 Å². The number of likely N-dealkylation sites (N-methyl/N-ethyl adjacent to an activating group) is 1. The van der Waals surface area contributed by atoms with Crippen molar-refractivity contribution in [2.24, 2.45) is 5.73 Å². The second kappa shape index (κ2) is 8.01. The van der Waals surface area contributed by atoms with Crippen molar-refractivity contribution >= 4 is 11.9 Å². The summed E-state index contributed by atoms with van der Waals surface area (Å²) in [6, 6.07) is 17.0. The molecule has 1 aliphatic rings. The van der Waals surface area contributed by atoms with Gasteiger partial charge in [-0.3, -0.25) is 4.79 Å². The van der Waals surface area contributed by atoms with E-state index in [1.165, 1.54) is 0 Å². The van der Waals surface area contributed by atoms with Crippen LogP contribution >= 0.6 is 0 Å². The molecule has 2 aromatic rings.